The second-order valence-corrected chi connectivity index (χ2v) is 5.99. The van der Waals surface area contributed by atoms with Crippen LogP contribution in [0, 0.1) is 11.3 Å². The van der Waals surface area contributed by atoms with Crippen molar-refractivity contribution < 1.29 is 4.79 Å². The summed E-state index contributed by atoms with van der Waals surface area (Å²) in [7, 11) is 0. The van der Waals surface area contributed by atoms with Gasteiger partial charge in [-0.3, -0.25) is 4.79 Å². The molecule has 0 N–H and O–H groups in total. The van der Waals surface area contributed by atoms with Gasteiger partial charge >= 0.3 is 0 Å². The SMILES string of the molecule is CC1(C(=O)C2CC2c2ccccc2)CCCC1. The molecule has 1 heteroatoms. The predicted molar refractivity (Wildman–Crippen MR) is 68.9 cm³/mol. The molecule has 2 fully saturated rings. The summed E-state index contributed by atoms with van der Waals surface area (Å²) in [5.41, 5.74) is 1.36. The van der Waals surface area contributed by atoms with Crippen LogP contribution < -0.4 is 0 Å². The maximum Gasteiger partial charge on any atom is 0.142 e. The highest BCUT2D eigenvalue weighted by Crippen LogP contribution is 2.53. The van der Waals surface area contributed by atoms with Gasteiger partial charge in [-0.25, -0.2) is 0 Å². The van der Waals surface area contributed by atoms with Crippen molar-refractivity contribution in [2.75, 3.05) is 0 Å². The quantitative estimate of drug-likeness (QED) is 0.766. The lowest BCUT2D eigenvalue weighted by atomic mass is 9.81. The summed E-state index contributed by atoms with van der Waals surface area (Å²) in [6.45, 7) is 2.18. The van der Waals surface area contributed by atoms with E-state index in [4.69, 9.17) is 0 Å². The van der Waals surface area contributed by atoms with Gasteiger partial charge in [-0.2, -0.15) is 0 Å². The summed E-state index contributed by atoms with van der Waals surface area (Å²) in [6.07, 6.45) is 5.79. The van der Waals surface area contributed by atoms with Crippen LogP contribution in [0.5, 0.6) is 0 Å². The fourth-order valence-electron chi connectivity index (χ4n) is 3.40. The average Bonchev–Trinajstić information content (AvgIpc) is 3.05. The van der Waals surface area contributed by atoms with Crippen molar-refractivity contribution >= 4 is 5.78 Å². The van der Waals surface area contributed by atoms with Gasteiger partial charge in [-0.1, -0.05) is 50.1 Å². The third-order valence-corrected chi connectivity index (χ3v) is 4.66. The first-order valence-electron chi connectivity index (χ1n) is 6.80. The highest BCUT2D eigenvalue weighted by atomic mass is 16.1. The Morgan fingerprint density at radius 1 is 1.18 bits per heavy atom. The minimum absolute atomic E-state index is 0.00813. The van der Waals surface area contributed by atoms with E-state index >= 15 is 0 Å². The third-order valence-electron chi connectivity index (χ3n) is 4.66. The Kier molecular flexibility index (Phi) is 2.57. The summed E-state index contributed by atoms with van der Waals surface area (Å²) in [4.78, 5) is 12.5. The average molecular weight is 228 g/mol. The van der Waals surface area contributed by atoms with Gasteiger partial charge in [0.1, 0.15) is 5.78 Å². The highest BCUT2D eigenvalue weighted by Gasteiger charge is 2.50. The molecule has 90 valence electrons. The number of hydrogen-bond acceptors (Lipinski definition) is 1. The minimum Gasteiger partial charge on any atom is -0.299 e. The molecule has 0 heterocycles. The van der Waals surface area contributed by atoms with Gasteiger partial charge < -0.3 is 0 Å². The zero-order chi connectivity index (χ0) is 11.9. The highest BCUT2D eigenvalue weighted by molar-refractivity contribution is 5.90. The van der Waals surface area contributed by atoms with Crippen molar-refractivity contribution in [3.8, 4) is 0 Å². The number of carbonyl (C=O) groups excluding carboxylic acids is 1. The molecule has 17 heavy (non-hydrogen) atoms. The van der Waals surface area contributed by atoms with Crippen LogP contribution in [0.4, 0.5) is 0 Å². The predicted octanol–water partition coefficient (Wildman–Crippen LogP) is 3.94. The topological polar surface area (TPSA) is 17.1 Å². The van der Waals surface area contributed by atoms with E-state index in [0.29, 0.717) is 17.6 Å². The van der Waals surface area contributed by atoms with Gasteiger partial charge in [0, 0.05) is 11.3 Å². The maximum absolute atomic E-state index is 12.5. The standard InChI is InChI=1S/C16H20O/c1-16(9-5-6-10-16)15(17)14-11-13(14)12-7-3-2-4-8-12/h2-4,7-8,13-14H,5-6,9-11H2,1H3. The first-order valence-corrected chi connectivity index (χ1v) is 6.80. The Morgan fingerprint density at radius 2 is 1.82 bits per heavy atom. The molecule has 0 bridgehead atoms. The van der Waals surface area contributed by atoms with Gasteiger partial charge in [-0.15, -0.1) is 0 Å². The Hall–Kier alpha value is -1.11. The van der Waals surface area contributed by atoms with E-state index in [-0.39, 0.29) is 5.41 Å². The summed E-state index contributed by atoms with van der Waals surface area (Å²) < 4.78 is 0. The Labute approximate surface area is 103 Å². The second kappa shape index (κ2) is 3.97. The second-order valence-electron chi connectivity index (χ2n) is 5.99. The maximum atomic E-state index is 12.5. The lowest BCUT2D eigenvalue weighted by Gasteiger charge is -2.21. The van der Waals surface area contributed by atoms with E-state index in [0.717, 1.165) is 19.3 Å². The van der Waals surface area contributed by atoms with Crippen molar-refractivity contribution in [2.45, 2.75) is 44.9 Å². The molecule has 2 atom stereocenters. The fraction of sp³-hybridized carbons (Fsp3) is 0.562. The van der Waals surface area contributed by atoms with E-state index < -0.39 is 0 Å². The number of carbonyl (C=O) groups is 1. The van der Waals surface area contributed by atoms with Gasteiger partial charge in [0.05, 0.1) is 0 Å². The summed E-state index contributed by atoms with van der Waals surface area (Å²) >= 11 is 0. The molecule has 2 saturated carbocycles. The van der Waals surface area contributed by atoms with E-state index in [1.54, 1.807) is 0 Å². The molecule has 0 radical (unpaired) electrons. The van der Waals surface area contributed by atoms with Gasteiger partial charge in [0.2, 0.25) is 0 Å². The number of rotatable bonds is 3. The molecule has 1 nitrogen and oxygen atoms in total. The van der Waals surface area contributed by atoms with Crippen molar-refractivity contribution in [1.82, 2.24) is 0 Å². The first-order chi connectivity index (χ1) is 8.21. The molecule has 0 aliphatic heterocycles. The van der Waals surface area contributed by atoms with E-state index in [1.807, 2.05) is 6.07 Å². The molecular weight excluding hydrogens is 208 g/mol. The lowest BCUT2D eigenvalue weighted by Crippen LogP contribution is -2.26. The molecule has 0 saturated heterocycles. The van der Waals surface area contributed by atoms with Crippen LogP contribution in [0.25, 0.3) is 0 Å². The molecule has 2 unspecified atom stereocenters. The van der Waals surface area contributed by atoms with Crippen molar-refractivity contribution in [3.05, 3.63) is 35.9 Å². The Bertz CT molecular complexity index is 414. The summed E-state index contributed by atoms with van der Waals surface area (Å²) in [5, 5.41) is 0. The molecular formula is C16H20O. The molecule has 3 rings (SSSR count). The summed E-state index contributed by atoms with van der Waals surface area (Å²) in [5.74, 6) is 1.38. The molecule has 0 amide bonds. The van der Waals surface area contributed by atoms with E-state index in [1.165, 1.54) is 18.4 Å². The largest absolute Gasteiger partial charge is 0.299 e. The van der Waals surface area contributed by atoms with Crippen LogP contribution in [0.3, 0.4) is 0 Å². The number of benzene rings is 1. The van der Waals surface area contributed by atoms with Crippen molar-refractivity contribution in [2.24, 2.45) is 11.3 Å². The van der Waals surface area contributed by atoms with E-state index in [9.17, 15) is 4.79 Å². The Morgan fingerprint density at radius 3 is 2.47 bits per heavy atom. The van der Waals surface area contributed by atoms with Crippen LogP contribution in [0.15, 0.2) is 30.3 Å². The fourth-order valence-corrected chi connectivity index (χ4v) is 3.40. The van der Waals surface area contributed by atoms with Gasteiger partial charge in [0.15, 0.2) is 0 Å². The lowest BCUT2D eigenvalue weighted by molar-refractivity contribution is -0.129. The number of Topliss-reactive ketones (excluding diaryl/α,β-unsaturated/α-hetero) is 1. The molecule has 2 aliphatic rings. The van der Waals surface area contributed by atoms with Crippen LogP contribution in [0.1, 0.15) is 50.5 Å². The number of ketones is 1. The molecule has 0 spiro atoms. The first kappa shape index (κ1) is 11.0. The third kappa shape index (κ3) is 1.92. The monoisotopic (exact) mass is 228 g/mol. The van der Waals surface area contributed by atoms with Crippen LogP contribution in [-0.4, -0.2) is 5.78 Å². The normalized spacial score (nSPS) is 30.2. The molecule has 1 aromatic rings. The smallest absolute Gasteiger partial charge is 0.142 e. The van der Waals surface area contributed by atoms with E-state index in [2.05, 4.69) is 31.2 Å². The zero-order valence-corrected chi connectivity index (χ0v) is 10.5. The minimum atomic E-state index is 0.00813. The van der Waals surface area contributed by atoms with Crippen molar-refractivity contribution in [3.63, 3.8) is 0 Å². The molecule has 0 aromatic heterocycles. The molecule has 2 aliphatic carbocycles. The Balaban J connectivity index is 1.71. The summed E-state index contributed by atoms with van der Waals surface area (Å²) in [6, 6.07) is 10.5. The van der Waals surface area contributed by atoms with Crippen molar-refractivity contribution in [1.29, 1.82) is 0 Å². The van der Waals surface area contributed by atoms with Crippen LogP contribution in [-0.2, 0) is 4.79 Å². The van der Waals surface area contributed by atoms with Crippen LogP contribution in [0.2, 0.25) is 0 Å². The van der Waals surface area contributed by atoms with Gasteiger partial charge in [-0.05, 0) is 30.7 Å². The number of hydrogen-bond donors (Lipinski definition) is 0. The molecule has 1 aromatic carbocycles. The van der Waals surface area contributed by atoms with Gasteiger partial charge in [0.25, 0.3) is 0 Å². The van der Waals surface area contributed by atoms with Crippen LogP contribution >= 0.6 is 0 Å². The zero-order valence-electron chi connectivity index (χ0n) is 10.5.